The van der Waals surface area contributed by atoms with Crippen LogP contribution in [0.2, 0.25) is 0 Å². The van der Waals surface area contributed by atoms with Gasteiger partial charge >= 0.3 is 0 Å². The number of benzene rings is 1. The Labute approximate surface area is 183 Å². The quantitative estimate of drug-likeness (QED) is 0.527. The van der Waals surface area contributed by atoms with E-state index in [1.807, 2.05) is 0 Å². The van der Waals surface area contributed by atoms with Gasteiger partial charge in [-0.15, -0.1) is 0 Å². The summed E-state index contributed by atoms with van der Waals surface area (Å²) >= 11 is 0. The molecule has 2 atom stereocenters. The molecule has 4 N–H and O–H groups in total. The number of halogens is 1. The number of hydrogen-bond acceptors (Lipinski definition) is 7. The Morgan fingerprint density at radius 3 is 2.91 bits per heavy atom. The molecule has 3 heterocycles. The third-order valence-corrected chi connectivity index (χ3v) is 5.06. The normalized spacial score (nSPS) is 16.6. The molecule has 2 unspecified atom stereocenters. The van der Waals surface area contributed by atoms with Crippen LogP contribution in [0.15, 0.2) is 28.8 Å². The number of fused-ring (bicyclic) bond motifs is 3. The Hall–Kier alpha value is -3.68. The molecule has 1 aliphatic rings. The van der Waals surface area contributed by atoms with Crippen molar-refractivity contribution in [3.63, 3.8) is 0 Å². The predicted octanol–water partition coefficient (Wildman–Crippen LogP) is 1.65. The third kappa shape index (κ3) is 3.84. The SMILES string of the molecule is CNCc1c(C(N)=O)nn2c1C(F)COc1ccc(C#CC(C)(O)c3cc(C)on3)cc1-2. The number of nitrogens with one attached hydrogen (secondary N) is 1. The maximum absolute atomic E-state index is 15.0. The van der Waals surface area contributed by atoms with E-state index in [2.05, 4.69) is 27.4 Å². The van der Waals surface area contributed by atoms with Gasteiger partial charge in [-0.1, -0.05) is 17.0 Å². The molecule has 0 bridgehead atoms. The van der Waals surface area contributed by atoms with E-state index in [1.165, 1.54) is 11.6 Å². The molecule has 2 aromatic heterocycles. The zero-order valence-corrected chi connectivity index (χ0v) is 17.8. The van der Waals surface area contributed by atoms with Gasteiger partial charge in [-0.2, -0.15) is 5.10 Å². The van der Waals surface area contributed by atoms with Gasteiger partial charge in [0.2, 0.25) is 0 Å². The van der Waals surface area contributed by atoms with Gasteiger partial charge in [-0.05, 0) is 39.1 Å². The Morgan fingerprint density at radius 1 is 1.47 bits per heavy atom. The number of rotatable bonds is 4. The van der Waals surface area contributed by atoms with Crippen LogP contribution in [-0.2, 0) is 12.1 Å². The van der Waals surface area contributed by atoms with Gasteiger partial charge in [-0.3, -0.25) is 4.79 Å². The number of amides is 1. The van der Waals surface area contributed by atoms with E-state index >= 15 is 4.39 Å². The summed E-state index contributed by atoms with van der Waals surface area (Å²) in [5.41, 5.74) is 5.73. The van der Waals surface area contributed by atoms with Gasteiger partial charge < -0.3 is 25.4 Å². The summed E-state index contributed by atoms with van der Waals surface area (Å²) in [5.74, 6) is 5.85. The molecule has 3 aromatic rings. The molecule has 4 rings (SSSR count). The molecular weight excluding hydrogens is 417 g/mol. The van der Waals surface area contributed by atoms with Crippen LogP contribution in [0.25, 0.3) is 5.69 Å². The first-order valence-corrected chi connectivity index (χ1v) is 9.88. The molecule has 0 saturated carbocycles. The minimum Gasteiger partial charge on any atom is -0.488 e. The van der Waals surface area contributed by atoms with Crippen molar-refractivity contribution in [2.24, 2.45) is 5.73 Å². The number of carbonyl (C=O) groups is 1. The summed E-state index contributed by atoms with van der Waals surface area (Å²) in [6, 6.07) is 6.57. The Morgan fingerprint density at radius 2 is 2.25 bits per heavy atom. The molecule has 1 amide bonds. The lowest BCUT2D eigenvalue weighted by atomic mass is 10.0. The number of carbonyl (C=O) groups excluding carboxylic acids is 1. The Balaban J connectivity index is 1.81. The first kappa shape index (κ1) is 21.5. The number of aryl methyl sites for hydroxylation is 1. The van der Waals surface area contributed by atoms with Gasteiger partial charge in [0.05, 0.1) is 5.69 Å². The van der Waals surface area contributed by atoms with Crippen molar-refractivity contribution in [1.82, 2.24) is 20.3 Å². The van der Waals surface area contributed by atoms with Crippen LogP contribution in [-0.4, -0.2) is 39.6 Å². The molecule has 166 valence electrons. The van der Waals surface area contributed by atoms with Crippen LogP contribution in [0.1, 0.15) is 51.9 Å². The molecule has 9 nitrogen and oxygen atoms in total. The first-order chi connectivity index (χ1) is 15.2. The third-order valence-electron chi connectivity index (χ3n) is 5.06. The highest BCUT2D eigenvalue weighted by molar-refractivity contribution is 5.92. The summed E-state index contributed by atoms with van der Waals surface area (Å²) in [6.07, 6.45) is -1.52. The summed E-state index contributed by atoms with van der Waals surface area (Å²) in [6.45, 7) is 3.20. The molecule has 0 saturated heterocycles. The minimum absolute atomic E-state index is 0.00864. The van der Waals surface area contributed by atoms with Crippen molar-refractivity contribution < 1.29 is 23.6 Å². The molecule has 0 aliphatic carbocycles. The number of aliphatic hydroxyl groups is 1. The van der Waals surface area contributed by atoms with Gasteiger partial charge in [-0.25, -0.2) is 9.07 Å². The number of hydrogen-bond donors (Lipinski definition) is 3. The molecule has 0 fully saturated rings. The average Bonchev–Trinajstić information content (AvgIpc) is 3.32. The van der Waals surface area contributed by atoms with Crippen molar-refractivity contribution >= 4 is 5.91 Å². The number of alkyl halides is 1. The van der Waals surface area contributed by atoms with Gasteiger partial charge in [0.15, 0.2) is 17.5 Å². The highest BCUT2D eigenvalue weighted by atomic mass is 19.1. The second-order valence-electron chi connectivity index (χ2n) is 7.62. The monoisotopic (exact) mass is 439 g/mol. The largest absolute Gasteiger partial charge is 0.488 e. The van der Waals surface area contributed by atoms with Crippen LogP contribution in [0.3, 0.4) is 0 Å². The molecule has 1 aliphatic heterocycles. The van der Waals surface area contributed by atoms with Gasteiger partial charge in [0.1, 0.15) is 29.5 Å². The summed E-state index contributed by atoms with van der Waals surface area (Å²) in [5, 5.41) is 21.7. The van der Waals surface area contributed by atoms with Crippen LogP contribution >= 0.6 is 0 Å². The molecule has 32 heavy (non-hydrogen) atoms. The highest BCUT2D eigenvalue weighted by Crippen LogP contribution is 2.35. The van der Waals surface area contributed by atoms with E-state index in [9.17, 15) is 9.90 Å². The highest BCUT2D eigenvalue weighted by Gasteiger charge is 2.31. The number of aromatic nitrogens is 3. The van der Waals surface area contributed by atoms with Gasteiger partial charge in [0.25, 0.3) is 5.91 Å². The van der Waals surface area contributed by atoms with Crippen LogP contribution in [0.4, 0.5) is 4.39 Å². The zero-order valence-electron chi connectivity index (χ0n) is 17.8. The fraction of sp³-hybridized carbons (Fsp3) is 0.318. The molecule has 1 aromatic carbocycles. The fourth-order valence-corrected chi connectivity index (χ4v) is 3.50. The van der Waals surface area contributed by atoms with E-state index < -0.39 is 17.7 Å². The zero-order chi connectivity index (χ0) is 23.0. The Bertz CT molecular complexity index is 1250. The number of nitrogens with two attached hydrogens (primary N) is 1. The van der Waals surface area contributed by atoms with Crippen molar-refractivity contribution in [3.05, 3.63) is 58.2 Å². The summed E-state index contributed by atoms with van der Waals surface area (Å²) < 4.78 is 27.0. The lowest BCUT2D eigenvalue weighted by Gasteiger charge is -2.12. The Kier molecular flexibility index (Phi) is 5.46. The van der Waals surface area contributed by atoms with Crippen molar-refractivity contribution in [1.29, 1.82) is 0 Å². The van der Waals surface area contributed by atoms with E-state index in [0.717, 1.165) is 0 Å². The number of primary amides is 1. The fourth-order valence-electron chi connectivity index (χ4n) is 3.50. The first-order valence-electron chi connectivity index (χ1n) is 9.88. The van der Waals surface area contributed by atoms with Crippen LogP contribution in [0.5, 0.6) is 5.75 Å². The van der Waals surface area contributed by atoms with Crippen molar-refractivity contribution in [3.8, 4) is 23.3 Å². The van der Waals surface area contributed by atoms with E-state index in [1.54, 1.807) is 38.2 Å². The molecule has 0 radical (unpaired) electrons. The lowest BCUT2D eigenvalue weighted by Crippen LogP contribution is -2.18. The number of ether oxygens (including phenoxy) is 1. The summed E-state index contributed by atoms with van der Waals surface area (Å²) in [7, 11) is 1.68. The molecule has 0 spiro atoms. The smallest absolute Gasteiger partial charge is 0.269 e. The van der Waals surface area contributed by atoms with Crippen molar-refractivity contribution in [2.45, 2.75) is 32.2 Å². The second kappa shape index (κ2) is 8.11. The van der Waals surface area contributed by atoms with Crippen LogP contribution in [0, 0.1) is 18.8 Å². The predicted molar refractivity (Wildman–Crippen MR) is 112 cm³/mol. The standard InChI is InChI=1S/C22H22FN5O4/c1-12-8-18(27-32-12)22(2,30)7-6-13-4-5-17-16(9-13)28-20(15(23)11-31-17)14(10-25-3)19(26-28)21(24)29/h4-5,8-9,15,25,30H,10-11H2,1-3H3,(H2,24,29). The van der Waals surface area contributed by atoms with Gasteiger partial charge in [0, 0.05) is 23.7 Å². The maximum atomic E-state index is 15.0. The topological polar surface area (TPSA) is 128 Å². The van der Waals surface area contributed by atoms with E-state index in [-0.39, 0.29) is 30.2 Å². The van der Waals surface area contributed by atoms with E-state index in [0.29, 0.717) is 28.3 Å². The maximum Gasteiger partial charge on any atom is 0.269 e. The lowest BCUT2D eigenvalue weighted by molar-refractivity contribution is 0.0993. The number of nitrogens with zero attached hydrogens (tertiary/aromatic N) is 3. The minimum atomic E-state index is -1.54. The molecule has 10 heteroatoms. The summed E-state index contributed by atoms with van der Waals surface area (Å²) in [4.78, 5) is 11.9. The average molecular weight is 439 g/mol. The van der Waals surface area contributed by atoms with Crippen LogP contribution < -0.4 is 15.8 Å². The van der Waals surface area contributed by atoms with E-state index in [4.69, 9.17) is 15.0 Å². The van der Waals surface area contributed by atoms with Crippen molar-refractivity contribution in [2.75, 3.05) is 13.7 Å². The molecular formula is C22H22FN5O4. The second-order valence-corrected chi connectivity index (χ2v) is 7.62.